The van der Waals surface area contributed by atoms with E-state index in [1.807, 2.05) is 0 Å². The topological polar surface area (TPSA) is 0 Å². The molecule has 57 valence electrons. The van der Waals surface area contributed by atoms with Gasteiger partial charge in [0.25, 0.3) is 0 Å². The summed E-state index contributed by atoms with van der Waals surface area (Å²) in [6.07, 6.45) is 6.43. The van der Waals surface area contributed by atoms with Gasteiger partial charge in [-0.1, -0.05) is 25.5 Å². The molecule has 0 aromatic heterocycles. The van der Waals surface area contributed by atoms with Crippen LogP contribution in [0.25, 0.3) is 0 Å². The van der Waals surface area contributed by atoms with Crippen molar-refractivity contribution in [2.75, 3.05) is 0 Å². The van der Waals surface area contributed by atoms with Gasteiger partial charge in [0.2, 0.25) is 0 Å². The van der Waals surface area contributed by atoms with E-state index in [9.17, 15) is 0 Å². The lowest BCUT2D eigenvalue weighted by molar-refractivity contribution is 0.392. The Labute approximate surface area is 64.3 Å². The Kier molecular flexibility index (Phi) is 2.53. The quantitative estimate of drug-likeness (QED) is 0.487. The maximum Gasteiger partial charge on any atom is -0.0177 e. The highest BCUT2D eigenvalue weighted by Gasteiger charge is 2.18. The minimum absolute atomic E-state index is 0.719. The Bertz CT molecular complexity index is 116. The summed E-state index contributed by atoms with van der Waals surface area (Å²) < 4.78 is 0. The first-order valence-electron chi connectivity index (χ1n) is 4.19. The van der Waals surface area contributed by atoms with Crippen LogP contribution in [0.2, 0.25) is 0 Å². The Hall–Kier alpha value is -0.260. The van der Waals surface area contributed by atoms with Crippen molar-refractivity contribution in [2.45, 2.75) is 33.1 Å². The molecule has 10 heavy (non-hydrogen) atoms. The van der Waals surface area contributed by atoms with Gasteiger partial charge in [0.15, 0.2) is 0 Å². The second kappa shape index (κ2) is 3.23. The van der Waals surface area contributed by atoms with Crippen molar-refractivity contribution in [2.24, 2.45) is 11.8 Å². The van der Waals surface area contributed by atoms with Crippen LogP contribution in [-0.4, -0.2) is 0 Å². The molecule has 0 heterocycles. The van der Waals surface area contributed by atoms with Crippen molar-refractivity contribution in [3.05, 3.63) is 18.6 Å². The lowest BCUT2D eigenvalue weighted by Gasteiger charge is -2.25. The number of allylic oxidation sites excluding steroid dienone is 1. The van der Waals surface area contributed by atoms with E-state index in [4.69, 9.17) is 0 Å². The van der Waals surface area contributed by atoms with Crippen LogP contribution >= 0.6 is 0 Å². The van der Waals surface area contributed by atoms with E-state index in [-0.39, 0.29) is 0 Å². The van der Waals surface area contributed by atoms with E-state index < -0.39 is 0 Å². The van der Waals surface area contributed by atoms with Crippen LogP contribution < -0.4 is 0 Å². The van der Waals surface area contributed by atoms with E-state index in [2.05, 4.69) is 26.8 Å². The van der Waals surface area contributed by atoms with Crippen molar-refractivity contribution < 1.29 is 0 Å². The molecule has 0 spiro atoms. The first-order chi connectivity index (χ1) is 4.70. The first-order valence-corrected chi connectivity index (χ1v) is 4.19. The standard InChI is InChI=1S/C10H17/c1-8(2)10-6-4-9(3)5-7-10/h6,9-10H,1,4-5,7H2,2-3H3. The molecule has 1 aliphatic rings. The molecule has 1 fully saturated rings. The molecule has 0 amide bonds. The molecule has 2 atom stereocenters. The molecule has 1 radical (unpaired) electrons. The molecule has 0 nitrogen and oxygen atoms in total. The first kappa shape index (κ1) is 7.84. The van der Waals surface area contributed by atoms with Gasteiger partial charge in [-0.15, -0.1) is 0 Å². The van der Waals surface area contributed by atoms with Crippen molar-refractivity contribution in [3.63, 3.8) is 0 Å². The molecule has 1 aliphatic carbocycles. The third-order valence-corrected chi connectivity index (χ3v) is 2.43. The third kappa shape index (κ3) is 1.86. The third-order valence-electron chi connectivity index (χ3n) is 2.43. The summed E-state index contributed by atoms with van der Waals surface area (Å²) in [7, 11) is 0. The van der Waals surface area contributed by atoms with E-state index in [1.165, 1.54) is 24.8 Å². The minimum atomic E-state index is 0.719. The van der Waals surface area contributed by atoms with Crippen LogP contribution in [0.4, 0.5) is 0 Å². The Morgan fingerprint density at radius 1 is 1.50 bits per heavy atom. The van der Waals surface area contributed by atoms with E-state index in [0.29, 0.717) is 0 Å². The average Bonchev–Trinajstić information content (AvgIpc) is 1.88. The SMILES string of the molecule is C=C(C)C1[CH]CC(C)CC1. The van der Waals surface area contributed by atoms with Crippen molar-refractivity contribution in [1.82, 2.24) is 0 Å². The molecule has 1 saturated carbocycles. The molecule has 0 aliphatic heterocycles. The van der Waals surface area contributed by atoms with Gasteiger partial charge in [-0.05, 0) is 38.0 Å². The van der Waals surface area contributed by atoms with Crippen LogP contribution in [0.15, 0.2) is 12.2 Å². The molecular weight excluding hydrogens is 120 g/mol. The van der Waals surface area contributed by atoms with Crippen LogP contribution in [0.1, 0.15) is 33.1 Å². The van der Waals surface area contributed by atoms with Gasteiger partial charge in [0.1, 0.15) is 0 Å². The number of hydrogen-bond donors (Lipinski definition) is 0. The van der Waals surface area contributed by atoms with Gasteiger partial charge in [0, 0.05) is 0 Å². The van der Waals surface area contributed by atoms with Crippen molar-refractivity contribution in [1.29, 1.82) is 0 Å². The minimum Gasteiger partial charge on any atom is -0.0999 e. The van der Waals surface area contributed by atoms with Gasteiger partial charge in [0.05, 0.1) is 0 Å². The van der Waals surface area contributed by atoms with Crippen molar-refractivity contribution >= 4 is 0 Å². The lowest BCUT2D eigenvalue weighted by atomic mass is 9.80. The van der Waals surface area contributed by atoms with Gasteiger partial charge >= 0.3 is 0 Å². The predicted octanol–water partition coefficient (Wildman–Crippen LogP) is 3.20. The van der Waals surface area contributed by atoms with Gasteiger partial charge in [-0.3, -0.25) is 0 Å². The highest BCUT2D eigenvalue weighted by atomic mass is 14.2. The second-order valence-corrected chi connectivity index (χ2v) is 3.61. The van der Waals surface area contributed by atoms with Crippen LogP contribution in [-0.2, 0) is 0 Å². The zero-order chi connectivity index (χ0) is 7.56. The van der Waals surface area contributed by atoms with Gasteiger partial charge in [-0.2, -0.15) is 0 Å². The summed E-state index contributed by atoms with van der Waals surface area (Å²) in [4.78, 5) is 0. The van der Waals surface area contributed by atoms with Crippen LogP contribution in [0.3, 0.4) is 0 Å². The fourth-order valence-electron chi connectivity index (χ4n) is 1.54. The Balaban J connectivity index is 2.33. The smallest absolute Gasteiger partial charge is 0.0177 e. The maximum atomic E-state index is 3.97. The molecule has 0 aromatic carbocycles. The van der Waals surface area contributed by atoms with Gasteiger partial charge in [-0.25, -0.2) is 0 Å². The second-order valence-electron chi connectivity index (χ2n) is 3.61. The fourth-order valence-corrected chi connectivity index (χ4v) is 1.54. The summed E-state index contributed by atoms with van der Waals surface area (Å²) in [6, 6.07) is 0. The van der Waals surface area contributed by atoms with E-state index >= 15 is 0 Å². The van der Waals surface area contributed by atoms with Crippen LogP contribution in [0, 0.1) is 18.3 Å². The number of hydrogen-bond acceptors (Lipinski definition) is 0. The molecule has 0 heteroatoms. The highest BCUT2D eigenvalue weighted by molar-refractivity contribution is 5.04. The molecular formula is C10H17. The summed E-state index contributed by atoms with van der Waals surface area (Å²) in [5.41, 5.74) is 1.34. The molecule has 1 rings (SSSR count). The van der Waals surface area contributed by atoms with Gasteiger partial charge < -0.3 is 0 Å². The molecule has 0 N–H and O–H groups in total. The molecule has 0 bridgehead atoms. The average molecular weight is 137 g/mol. The highest BCUT2D eigenvalue weighted by Crippen LogP contribution is 2.30. The normalized spacial score (nSPS) is 33.8. The Morgan fingerprint density at radius 2 is 2.20 bits per heavy atom. The number of rotatable bonds is 1. The summed E-state index contributed by atoms with van der Waals surface area (Å²) in [5, 5.41) is 0. The summed E-state index contributed by atoms with van der Waals surface area (Å²) in [6.45, 7) is 8.43. The van der Waals surface area contributed by atoms with E-state index in [0.717, 1.165) is 11.8 Å². The summed E-state index contributed by atoms with van der Waals surface area (Å²) in [5.74, 6) is 1.63. The zero-order valence-electron chi connectivity index (χ0n) is 7.06. The van der Waals surface area contributed by atoms with Crippen molar-refractivity contribution in [3.8, 4) is 0 Å². The Morgan fingerprint density at radius 3 is 2.60 bits per heavy atom. The monoisotopic (exact) mass is 137 g/mol. The predicted molar refractivity (Wildman–Crippen MR) is 45.6 cm³/mol. The molecule has 0 aromatic rings. The largest absolute Gasteiger partial charge is 0.0999 e. The lowest BCUT2D eigenvalue weighted by Crippen LogP contribution is -2.13. The zero-order valence-corrected chi connectivity index (χ0v) is 7.06. The maximum absolute atomic E-state index is 3.97. The summed E-state index contributed by atoms with van der Waals surface area (Å²) >= 11 is 0. The van der Waals surface area contributed by atoms with E-state index in [1.54, 1.807) is 0 Å². The molecule has 0 saturated heterocycles. The van der Waals surface area contributed by atoms with Crippen LogP contribution in [0.5, 0.6) is 0 Å². The molecule has 2 unspecified atom stereocenters. The fraction of sp³-hybridized carbons (Fsp3) is 0.700.